The van der Waals surface area contributed by atoms with Gasteiger partial charge in [0.2, 0.25) is 0 Å². The summed E-state index contributed by atoms with van der Waals surface area (Å²) in [7, 11) is 0. The standard InChI is InChI=1S/C20H23FN6O/c21-20-6-11-3-12(7-20)18(13(4-11)8-20)26-15-5-16(25-9-14(15)19(22)28)27-17-10-23-1-2-24-17/h1-2,5,9-13,18H,3-4,6-8H2,(H2,22,28)(H2,24,25,26,27)/t11-,12-,13+,18-,20-. The molecule has 4 bridgehead atoms. The molecule has 4 fully saturated rings. The highest BCUT2D eigenvalue weighted by atomic mass is 19.1. The molecule has 2 aromatic rings. The Morgan fingerprint density at radius 1 is 1.11 bits per heavy atom. The Balaban J connectivity index is 1.42. The molecule has 146 valence electrons. The van der Waals surface area contributed by atoms with Crippen molar-refractivity contribution in [1.82, 2.24) is 15.0 Å². The van der Waals surface area contributed by atoms with Gasteiger partial charge < -0.3 is 16.4 Å². The van der Waals surface area contributed by atoms with Crippen LogP contribution in [0.2, 0.25) is 0 Å². The molecule has 0 aromatic carbocycles. The van der Waals surface area contributed by atoms with Gasteiger partial charge in [0.05, 0.1) is 17.4 Å². The number of nitrogens with two attached hydrogens (primary N) is 1. The van der Waals surface area contributed by atoms with E-state index in [0.29, 0.717) is 53.5 Å². The first-order valence-electron chi connectivity index (χ1n) is 9.77. The van der Waals surface area contributed by atoms with E-state index in [0.717, 1.165) is 19.3 Å². The molecule has 4 aliphatic rings. The van der Waals surface area contributed by atoms with Gasteiger partial charge in [0, 0.05) is 30.7 Å². The van der Waals surface area contributed by atoms with E-state index in [1.807, 2.05) is 0 Å². The number of hydrogen-bond acceptors (Lipinski definition) is 6. The second kappa shape index (κ2) is 6.39. The lowest BCUT2D eigenvalue weighted by Crippen LogP contribution is -2.57. The third-order valence-electron chi connectivity index (χ3n) is 6.51. The summed E-state index contributed by atoms with van der Waals surface area (Å²) >= 11 is 0. The van der Waals surface area contributed by atoms with Gasteiger partial charge in [-0.3, -0.25) is 9.78 Å². The van der Waals surface area contributed by atoms with E-state index in [1.54, 1.807) is 24.7 Å². The Labute approximate surface area is 162 Å². The number of hydrogen-bond donors (Lipinski definition) is 3. The van der Waals surface area contributed by atoms with Crippen LogP contribution in [0.5, 0.6) is 0 Å². The molecule has 4 N–H and O–H groups in total. The molecule has 0 radical (unpaired) electrons. The van der Waals surface area contributed by atoms with Crippen LogP contribution in [0.1, 0.15) is 42.5 Å². The van der Waals surface area contributed by atoms with Crippen LogP contribution in [-0.4, -0.2) is 32.6 Å². The van der Waals surface area contributed by atoms with Crippen LogP contribution in [-0.2, 0) is 0 Å². The molecule has 7 nitrogen and oxygen atoms in total. The molecule has 2 aromatic heterocycles. The number of aromatic nitrogens is 3. The number of carbonyl (C=O) groups is 1. The second-order valence-corrected chi connectivity index (χ2v) is 8.49. The Morgan fingerprint density at radius 2 is 1.89 bits per heavy atom. The minimum Gasteiger partial charge on any atom is -0.381 e. The second-order valence-electron chi connectivity index (χ2n) is 8.49. The average Bonchev–Trinajstić information content (AvgIpc) is 2.64. The van der Waals surface area contributed by atoms with E-state index >= 15 is 0 Å². The largest absolute Gasteiger partial charge is 0.381 e. The topological polar surface area (TPSA) is 106 Å². The molecular formula is C20H23FN6O. The molecule has 28 heavy (non-hydrogen) atoms. The first-order valence-corrected chi connectivity index (χ1v) is 9.77. The molecular weight excluding hydrogens is 359 g/mol. The Bertz CT molecular complexity index is 891. The molecule has 0 aliphatic heterocycles. The SMILES string of the molecule is NC(=O)c1cnc(Nc2cnccn2)cc1N[C@@H]1[C@@H]2C[C@@H]3C[C@H]1C[C@@](F)(C3)C2. The van der Waals surface area contributed by atoms with Crippen molar-refractivity contribution in [2.75, 3.05) is 10.6 Å². The van der Waals surface area contributed by atoms with Crippen LogP contribution in [0.3, 0.4) is 0 Å². The third kappa shape index (κ3) is 3.06. The fourth-order valence-electron chi connectivity index (χ4n) is 5.67. The summed E-state index contributed by atoms with van der Waals surface area (Å²) in [6.45, 7) is 0. The summed E-state index contributed by atoms with van der Waals surface area (Å²) in [5.74, 6) is 1.65. The van der Waals surface area contributed by atoms with Gasteiger partial charge >= 0.3 is 0 Å². The van der Waals surface area contributed by atoms with Crippen molar-refractivity contribution < 1.29 is 9.18 Å². The zero-order valence-corrected chi connectivity index (χ0v) is 15.4. The van der Waals surface area contributed by atoms with Crippen molar-refractivity contribution in [2.24, 2.45) is 23.5 Å². The Hall–Kier alpha value is -2.77. The molecule has 0 saturated heterocycles. The summed E-state index contributed by atoms with van der Waals surface area (Å²) in [6, 6.07) is 1.93. The first kappa shape index (κ1) is 17.3. The van der Waals surface area contributed by atoms with Gasteiger partial charge in [0.1, 0.15) is 17.3 Å². The lowest BCUT2D eigenvalue weighted by molar-refractivity contribution is -0.0800. The molecule has 4 aliphatic carbocycles. The van der Waals surface area contributed by atoms with Crippen LogP contribution < -0.4 is 16.4 Å². The molecule has 2 heterocycles. The monoisotopic (exact) mass is 382 g/mol. The maximum absolute atomic E-state index is 15.0. The highest BCUT2D eigenvalue weighted by Crippen LogP contribution is 2.57. The molecule has 4 saturated carbocycles. The minimum absolute atomic E-state index is 0.158. The highest BCUT2D eigenvalue weighted by molar-refractivity contribution is 5.98. The molecule has 6 rings (SSSR count). The van der Waals surface area contributed by atoms with Crippen LogP contribution in [0.4, 0.5) is 21.7 Å². The van der Waals surface area contributed by atoms with Crippen molar-refractivity contribution in [2.45, 2.75) is 43.8 Å². The van der Waals surface area contributed by atoms with Gasteiger partial charge in [-0.1, -0.05) is 0 Å². The number of halogens is 1. The van der Waals surface area contributed by atoms with Gasteiger partial charge in [-0.05, 0) is 49.9 Å². The third-order valence-corrected chi connectivity index (χ3v) is 6.51. The van der Waals surface area contributed by atoms with Crippen molar-refractivity contribution >= 4 is 23.2 Å². The van der Waals surface area contributed by atoms with Crippen LogP contribution in [0.15, 0.2) is 30.9 Å². The number of primary amides is 1. The maximum Gasteiger partial charge on any atom is 0.252 e. The van der Waals surface area contributed by atoms with E-state index in [-0.39, 0.29) is 6.04 Å². The van der Waals surface area contributed by atoms with Crippen molar-refractivity contribution in [3.8, 4) is 0 Å². The van der Waals surface area contributed by atoms with Gasteiger partial charge in [0.15, 0.2) is 0 Å². The van der Waals surface area contributed by atoms with Crippen LogP contribution in [0, 0.1) is 17.8 Å². The lowest BCUT2D eigenvalue weighted by Gasteiger charge is -2.57. The van der Waals surface area contributed by atoms with E-state index < -0.39 is 11.6 Å². The molecule has 8 heteroatoms. The number of nitrogens with zero attached hydrogens (tertiary/aromatic N) is 3. The molecule has 5 atom stereocenters. The predicted molar refractivity (Wildman–Crippen MR) is 103 cm³/mol. The number of nitrogens with one attached hydrogen (secondary N) is 2. The van der Waals surface area contributed by atoms with Gasteiger partial charge in [-0.15, -0.1) is 0 Å². The average molecular weight is 382 g/mol. The van der Waals surface area contributed by atoms with Gasteiger partial charge in [-0.2, -0.15) is 0 Å². The molecule has 0 unspecified atom stereocenters. The summed E-state index contributed by atoms with van der Waals surface area (Å²) in [5.41, 5.74) is 5.56. The summed E-state index contributed by atoms with van der Waals surface area (Å²) in [4.78, 5) is 24.4. The van der Waals surface area contributed by atoms with E-state index in [2.05, 4.69) is 25.6 Å². The quantitative estimate of drug-likeness (QED) is 0.734. The Morgan fingerprint density at radius 3 is 2.54 bits per heavy atom. The smallest absolute Gasteiger partial charge is 0.252 e. The zero-order valence-electron chi connectivity index (χ0n) is 15.4. The van der Waals surface area contributed by atoms with Crippen molar-refractivity contribution in [1.29, 1.82) is 0 Å². The lowest BCUT2D eigenvalue weighted by atomic mass is 9.53. The van der Waals surface area contributed by atoms with E-state index in [4.69, 9.17) is 5.73 Å². The summed E-state index contributed by atoms with van der Waals surface area (Å²) in [6.07, 6.45) is 10.3. The number of carbonyl (C=O) groups excluding carboxylic acids is 1. The van der Waals surface area contributed by atoms with Crippen LogP contribution >= 0.6 is 0 Å². The van der Waals surface area contributed by atoms with Gasteiger partial charge in [0.25, 0.3) is 5.91 Å². The van der Waals surface area contributed by atoms with Crippen LogP contribution in [0.25, 0.3) is 0 Å². The fourth-order valence-corrected chi connectivity index (χ4v) is 5.67. The summed E-state index contributed by atoms with van der Waals surface area (Å²) < 4.78 is 15.0. The minimum atomic E-state index is -0.988. The number of pyridine rings is 1. The number of alkyl halides is 1. The Kier molecular flexibility index (Phi) is 3.96. The van der Waals surface area contributed by atoms with E-state index in [1.165, 1.54) is 6.20 Å². The summed E-state index contributed by atoms with van der Waals surface area (Å²) in [5, 5.41) is 6.62. The number of rotatable bonds is 5. The highest BCUT2D eigenvalue weighted by Gasteiger charge is 2.56. The number of amides is 1. The fraction of sp³-hybridized carbons (Fsp3) is 0.500. The van der Waals surface area contributed by atoms with Crippen molar-refractivity contribution in [3.05, 3.63) is 36.4 Å². The maximum atomic E-state index is 15.0. The molecule has 0 spiro atoms. The van der Waals surface area contributed by atoms with Crippen molar-refractivity contribution in [3.63, 3.8) is 0 Å². The normalized spacial score (nSPS) is 32.9. The van der Waals surface area contributed by atoms with Gasteiger partial charge in [-0.25, -0.2) is 14.4 Å². The first-order chi connectivity index (χ1) is 13.5. The van der Waals surface area contributed by atoms with E-state index in [9.17, 15) is 9.18 Å². The number of anilines is 3. The predicted octanol–water partition coefficient (Wildman–Crippen LogP) is 3.04. The molecule has 1 amide bonds. The zero-order chi connectivity index (χ0) is 19.3.